The van der Waals surface area contributed by atoms with Crippen molar-refractivity contribution in [2.45, 2.75) is 25.8 Å². The van der Waals surface area contributed by atoms with Crippen LogP contribution in [0.3, 0.4) is 0 Å². The number of likely N-dealkylation sites (tertiary alicyclic amines) is 1. The van der Waals surface area contributed by atoms with Gasteiger partial charge < -0.3 is 24.5 Å². The van der Waals surface area contributed by atoms with Crippen molar-refractivity contribution in [2.24, 2.45) is 0 Å². The van der Waals surface area contributed by atoms with Gasteiger partial charge in [0, 0.05) is 31.9 Å². The van der Waals surface area contributed by atoms with E-state index in [4.69, 9.17) is 4.74 Å². The van der Waals surface area contributed by atoms with Crippen molar-refractivity contribution in [3.8, 4) is 5.75 Å². The van der Waals surface area contributed by atoms with Gasteiger partial charge in [0.05, 0.1) is 18.2 Å². The van der Waals surface area contributed by atoms with Crippen LogP contribution < -0.4 is 9.64 Å². The van der Waals surface area contributed by atoms with Crippen molar-refractivity contribution in [1.82, 2.24) is 9.80 Å². The lowest BCUT2D eigenvalue weighted by atomic mass is 9.95. The Morgan fingerprint density at radius 1 is 1.06 bits per heavy atom. The highest BCUT2D eigenvalue weighted by Crippen LogP contribution is 2.40. The van der Waals surface area contributed by atoms with Gasteiger partial charge in [0.1, 0.15) is 11.5 Å². The molecule has 182 valence electrons. The fourth-order valence-electron chi connectivity index (χ4n) is 4.08. The topological polar surface area (TPSA) is 73.3 Å². The number of amides is 1. The van der Waals surface area contributed by atoms with Gasteiger partial charge in [0.25, 0.3) is 11.7 Å². The third-order valence-electron chi connectivity index (χ3n) is 5.85. The highest BCUT2D eigenvalue weighted by Gasteiger charge is 2.45. The molecule has 0 spiro atoms. The minimum atomic E-state index is -0.663. The summed E-state index contributed by atoms with van der Waals surface area (Å²) in [5.41, 5.74) is 2.36. The Labute approximate surface area is 202 Å². The van der Waals surface area contributed by atoms with Gasteiger partial charge in [-0.3, -0.25) is 9.59 Å². The van der Waals surface area contributed by atoms with Gasteiger partial charge >= 0.3 is 0 Å². The van der Waals surface area contributed by atoms with Gasteiger partial charge in [-0.15, -0.1) is 0 Å². The predicted molar refractivity (Wildman–Crippen MR) is 135 cm³/mol. The van der Waals surface area contributed by atoms with E-state index in [1.54, 1.807) is 23.1 Å². The third kappa shape index (κ3) is 5.59. The van der Waals surface area contributed by atoms with E-state index in [0.29, 0.717) is 30.9 Å². The van der Waals surface area contributed by atoms with Crippen molar-refractivity contribution in [3.63, 3.8) is 0 Å². The zero-order chi connectivity index (χ0) is 24.8. The summed E-state index contributed by atoms with van der Waals surface area (Å²) in [6.45, 7) is 3.77. The minimum absolute atomic E-state index is 0.111. The third-order valence-corrected chi connectivity index (χ3v) is 5.85. The highest BCUT2D eigenvalue weighted by atomic mass is 16.5. The molecule has 2 aromatic carbocycles. The molecule has 0 bridgehead atoms. The molecule has 1 atom stereocenters. The van der Waals surface area contributed by atoms with Crippen LogP contribution in [-0.4, -0.2) is 74.5 Å². The maximum absolute atomic E-state index is 13.2. The second kappa shape index (κ2) is 11.2. The Morgan fingerprint density at radius 3 is 2.38 bits per heavy atom. The van der Waals surface area contributed by atoms with E-state index in [-0.39, 0.29) is 11.3 Å². The number of carbonyl (C=O) groups excluding carboxylic acids is 2. The maximum Gasteiger partial charge on any atom is 0.295 e. The van der Waals surface area contributed by atoms with Crippen LogP contribution in [0.15, 0.2) is 54.1 Å². The molecule has 1 fully saturated rings. The number of hydrogen-bond donors (Lipinski definition) is 1. The summed E-state index contributed by atoms with van der Waals surface area (Å²) in [5, 5.41) is 11.3. The van der Waals surface area contributed by atoms with Crippen LogP contribution in [0.5, 0.6) is 5.75 Å². The number of rotatable bonds is 10. The summed E-state index contributed by atoms with van der Waals surface area (Å²) in [6.07, 6.45) is 1.57. The summed E-state index contributed by atoms with van der Waals surface area (Å²) in [7, 11) is 7.85. The number of ketones is 1. The molecule has 2 aromatic rings. The first-order valence-corrected chi connectivity index (χ1v) is 11.7. The van der Waals surface area contributed by atoms with E-state index in [0.717, 1.165) is 24.2 Å². The molecule has 0 aromatic heterocycles. The fraction of sp³-hybridized carbons (Fsp3) is 0.407. The number of nitrogens with zero attached hydrogens (tertiary/aromatic N) is 3. The number of benzene rings is 2. The lowest BCUT2D eigenvalue weighted by molar-refractivity contribution is -0.139. The van der Waals surface area contributed by atoms with Crippen LogP contribution in [0.1, 0.15) is 36.9 Å². The first-order valence-electron chi connectivity index (χ1n) is 11.7. The number of anilines is 1. The molecule has 0 saturated carbocycles. The Kier molecular flexibility index (Phi) is 8.34. The van der Waals surface area contributed by atoms with Gasteiger partial charge in [-0.05, 0) is 63.3 Å². The molecule has 1 aliphatic rings. The summed E-state index contributed by atoms with van der Waals surface area (Å²) in [5.74, 6) is -0.820. The van der Waals surface area contributed by atoms with E-state index >= 15 is 0 Å². The smallest absolute Gasteiger partial charge is 0.295 e. The molecule has 1 unspecified atom stereocenters. The highest BCUT2D eigenvalue weighted by molar-refractivity contribution is 6.46. The fourth-order valence-corrected chi connectivity index (χ4v) is 4.08. The van der Waals surface area contributed by atoms with Crippen molar-refractivity contribution < 1.29 is 19.4 Å². The predicted octanol–water partition coefficient (Wildman–Crippen LogP) is 3.91. The van der Waals surface area contributed by atoms with Gasteiger partial charge in [0.2, 0.25) is 0 Å². The molecule has 0 aliphatic carbocycles. The lowest BCUT2D eigenvalue weighted by Crippen LogP contribution is -2.32. The van der Waals surface area contributed by atoms with Gasteiger partial charge in [-0.2, -0.15) is 0 Å². The van der Waals surface area contributed by atoms with Crippen molar-refractivity contribution in [1.29, 1.82) is 0 Å². The quantitative estimate of drug-likeness (QED) is 0.326. The van der Waals surface area contributed by atoms with Crippen molar-refractivity contribution >= 4 is 23.1 Å². The molecular weight excluding hydrogens is 430 g/mol. The molecule has 7 nitrogen and oxygen atoms in total. The van der Waals surface area contributed by atoms with Gasteiger partial charge in [-0.1, -0.05) is 31.2 Å². The minimum Gasteiger partial charge on any atom is -0.507 e. The van der Waals surface area contributed by atoms with E-state index in [9.17, 15) is 14.7 Å². The van der Waals surface area contributed by atoms with Crippen molar-refractivity contribution in [3.05, 3.63) is 65.2 Å². The zero-order valence-corrected chi connectivity index (χ0v) is 20.7. The average molecular weight is 466 g/mol. The Bertz CT molecular complexity index is 1040. The average Bonchev–Trinajstić information content (AvgIpc) is 3.07. The van der Waals surface area contributed by atoms with E-state index in [2.05, 4.69) is 0 Å². The standard InChI is InChI=1S/C27H35N3O4/c1-6-17-34-22-10-7-9-20(18-22)25(31)23-24(19-11-13-21(14-12-19)29(4)5)30(27(33)26(23)32)16-8-15-28(2)3/h7,9-14,18,24,31H,6,8,15-17H2,1-5H3. The van der Waals surface area contributed by atoms with Crippen LogP contribution >= 0.6 is 0 Å². The van der Waals surface area contributed by atoms with Crippen LogP contribution in [0, 0.1) is 0 Å². The molecule has 0 radical (unpaired) electrons. The van der Waals surface area contributed by atoms with Crippen LogP contribution in [-0.2, 0) is 9.59 Å². The second-order valence-electron chi connectivity index (χ2n) is 9.01. The van der Waals surface area contributed by atoms with E-state index < -0.39 is 17.7 Å². The molecular formula is C27H35N3O4. The molecule has 1 amide bonds. The van der Waals surface area contributed by atoms with Crippen LogP contribution in [0.25, 0.3) is 5.76 Å². The summed E-state index contributed by atoms with van der Waals surface area (Å²) < 4.78 is 5.69. The number of ether oxygens (including phenoxy) is 1. The number of Topliss-reactive ketones (excluding diaryl/α,β-unsaturated/α-hetero) is 1. The van der Waals surface area contributed by atoms with Gasteiger partial charge in [0.15, 0.2) is 0 Å². The summed E-state index contributed by atoms with van der Waals surface area (Å²) in [6, 6.07) is 14.1. The molecule has 1 aliphatic heterocycles. The number of aliphatic hydroxyl groups excluding tert-OH is 1. The Hall–Kier alpha value is -3.32. The largest absolute Gasteiger partial charge is 0.507 e. The summed E-state index contributed by atoms with van der Waals surface area (Å²) >= 11 is 0. The molecule has 7 heteroatoms. The van der Waals surface area contributed by atoms with Crippen molar-refractivity contribution in [2.75, 3.05) is 52.8 Å². The number of carbonyl (C=O) groups is 2. The SMILES string of the molecule is CCCOc1cccc(C(O)=C2C(=O)C(=O)N(CCCN(C)C)C2c2ccc(N(C)C)cc2)c1. The van der Waals surface area contributed by atoms with Crippen LogP contribution in [0.4, 0.5) is 5.69 Å². The number of aliphatic hydroxyl groups is 1. The molecule has 1 heterocycles. The lowest BCUT2D eigenvalue weighted by Gasteiger charge is -2.26. The first kappa shape index (κ1) is 25.3. The second-order valence-corrected chi connectivity index (χ2v) is 9.01. The van der Waals surface area contributed by atoms with E-state index in [1.165, 1.54) is 0 Å². The zero-order valence-electron chi connectivity index (χ0n) is 20.7. The van der Waals surface area contributed by atoms with Crippen LogP contribution in [0.2, 0.25) is 0 Å². The Balaban J connectivity index is 2.06. The molecule has 34 heavy (non-hydrogen) atoms. The first-order chi connectivity index (χ1) is 16.2. The molecule has 3 rings (SSSR count). The molecule has 1 saturated heterocycles. The maximum atomic E-state index is 13.2. The summed E-state index contributed by atoms with van der Waals surface area (Å²) in [4.78, 5) is 31.9. The van der Waals surface area contributed by atoms with Gasteiger partial charge in [-0.25, -0.2) is 0 Å². The normalized spacial score (nSPS) is 17.5. The number of hydrogen-bond acceptors (Lipinski definition) is 6. The van der Waals surface area contributed by atoms with E-state index in [1.807, 2.05) is 75.2 Å². The Morgan fingerprint density at radius 2 is 1.76 bits per heavy atom. The molecule has 1 N–H and O–H groups in total. The monoisotopic (exact) mass is 465 g/mol.